The zero-order chi connectivity index (χ0) is 13.4. The third-order valence-electron chi connectivity index (χ3n) is 4.00. The number of carbonyl (C=O) groups is 1. The van der Waals surface area contributed by atoms with Gasteiger partial charge in [0.25, 0.3) is 0 Å². The Balaban J connectivity index is 2.00. The quantitative estimate of drug-likeness (QED) is 0.817. The van der Waals surface area contributed by atoms with E-state index in [9.17, 15) is 4.79 Å². The molecule has 3 rings (SSSR count). The summed E-state index contributed by atoms with van der Waals surface area (Å²) in [6, 6.07) is 4.23. The summed E-state index contributed by atoms with van der Waals surface area (Å²) in [6.07, 6.45) is 2.73. The third kappa shape index (κ3) is 2.21. The second-order valence-electron chi connectivity index (χ2n) is 5.47. The molecule has 2 aliphatic heterocycles. The van der Waals surface area contributed by atoms with Crippen LogP contribution in [-0.4, -0.2) is 31.5 Å². The number of fused-ring (bicyclic) bond motifs is 1. The van der Waals surface area contributed by atoms with Gasteiger partial charge in [-0.25, -0.2) is 0 Å². The molecule has 0 saturated carbocycles. The predicted molar refractivity (Wildman–Crippen MR) is 74.4 cm³/mol. The average molecular weight is 260 g/mol. The Hall–Kier alpha value is -1.55. The highest BCUT2D eigenvalue weighted by molar-refractivity contribution is 5.95. The number of hydrogen-bond acceptors (Lipinski definition) is 3. The molecule has 0 aromatic heterocycles. The SMILES string of the molecule is COc1cc2c(cc1N1CCCCC1=O)CN(C)C2. The van der Waals surface area contributed by atoms with E-state index in [0.717, 1.165) is 43.9 Å². The molecule has 102 valence electrons. The van der Waals surface area contributed by atoms with Crippen LogP contribution in [0.5, 0.6) is 5.75 Å². The molecule has 0 atom stereocenters. The third-order valence-corrected chi connectivity index (χ3v) is 4.00. The van der Waals surface area contributed by atoms with Crippen LogP contribution in [0.3, 0.4) is 0 Å². The summed E-state index contributed by atoms with van der Waals surface area (Å²) in [4.78, 5) is 16.2. The molecule has 0 bridgehead atoms. The van der Waals surface area contributed by atoms with Crippen molar-refractivity contribution in [3.63, 3.8) is 0 Å². The van der Waals surface area contributed by atoms with Gasteiger partial charge in [0, 0.05) is 26.1 Å². The molecule has 0 unspecified atom stereocenters. The smallest absolute Gasteiger partial charge is 0.227 e. The lowest BCUT2D eigenvalue weighted by Gasteiger charge is -2.28. The lowest BCUT2D eigenvalue weighted by atomic mass is 10.0. The van der Waals surface area contributed by atoms with Crippen molar-refractivity contribution in [2.45, 2.75) is 32.4 Å². The van der Waals surface area contributed by atoms with Gasteiger partial charge in [-0.3, -0.25) is 9.69 Å². The van der Waals surface area contributed by atoms with E-state index in [0.29, 0.717) is 6.42 Å². The number of methoxy groups -OCH3 is 1. The summed E-state index contributed by atoms with van der Waals surface area (Å²) < 4.78 is 5.49. The van der Waals surface area contributed by atoms with E-state index in [1.165, 1.54) is 11.1 Å². The number of hydrogen-bond donors (Lipinski definition) is 0. The van der Waals surface area contributed by atoms with Crippen molar-refractivity contribution in [1.29, 1.82) is 0 Å². The minimum Gasteiger partial charge on any atom is -0.495 e. The molecule has 0 radical (unpaired) electrons. The lowest BCUT2D eigenvalue weighted by molar-refractivity contribution is -0.119. The molecule has 2 aliphatic rings. The lowest BCUT2D eigenvalue weighted by Crippen LogP contribution is -2.35. The molecular weight excluding hydrogens is 240 g/mol. The maximum Gasteiger partial charge on any atom is 0.227 e. The number of carbonyl (C=O) groups excluding carboxylic acids is 1. The second-order valence-corrected chi connectivity index (χ2v) is 5.47. The Morgan fingerprint density at radius 2 is 1.89 bits per heavy atom. The first-order chi connectivity index (χ1) is 9.19. The molecule has 0 N–H and O–H groups in total. The van der Waals surface area contributed by atoms with E-state index in [1.807, 2.05) is 4.90 Å². The highest BCUT2D eigenvalue weighted by Crippen LogP contribution is 2.36. The number of amides is 1. The average Bonchev–Trinajstić information content (AvgIpc) is 2.77. The molecule has 1 aromatic carbocycles. The molecule has 1 saturated heterocycles. The second kappa shape index (κ2) is 4.85. The molecular formula is C15H20N2O2. The molecule has 1 aromatic rings. The van der Waals surface area contributed by atoms with Crippen molar-refractivity contribution in [2.24, 2.45) is 0 Å². The van der Waals surface area contributed by atoms with Gasteiger partial charge in [-0.2, -0.15) is 0 Å². The monoisotopic (exact) mass is 260 g/mol. The minimum absolute atomic E-state index is 0.218. The molecule has 0 aliphatic carbocycles. The van der Waals surface area contributed by atoms with Gasteiger partial charge >= 0.3 is 0 Å². The zero-order valence-corrected chi connectivity index (χ0v) is 11.6. The van der Waals surface area contributed by atoms with Gasteiger partial charge in [0.15, 0.2) is 0 Å². The normalized spacial score (nSPS) is 19.7. The predicted octanol–water partition coefficient (Wildman–Crippen LogP) is 2.16. The van der Waals surface area contributed by atoms with E-state index in [-0.39, 0.29) is 5.91 Å². The van der Waals surface area contributed by atoms with E-state index < -0.39 is 0 Å². The Bertz CT molecular complexity index is 513. The largest absolute Gasteiger partial charge is 0.495 e. The first-order valence-corrected chi connectivity index (χ1v) is 6.87. The Kier molecular flexibility index (Phi) is 3.19. The van der Waals surface area contributed by atoms with Crippen LogP contribution in [-0.2, 0) is 17.9 Å². The zero-order valence-electron chi connectivity index (χ0n) is 11.6. The van der Waals surface area contributed by atoms with Crippen LogP contribution in [0, 0.1) is 0 Å². The number of nitrogens with zero attached hydrogens (tertiary/aromatic N) is 2. The maximum atomic E-state index is 12.1. The fraction of sp³-hybridized carbons (Fsp3) is 0.533. The topological polar surface area (TPSA) is 32.8 Å². The maximum absolute atomic E-state index is 12.1. The number of ether oxygens (including phenoxy) is 1. The summed E-state index contributed by atoms with van der Waals surface area (Å²) in [5.41, 5.74) is 3.57. The first kappa shape index (κ1) is 12.5. The summed E-state index contributed by atoms with van der Waals surface area (Å²) in [6.45, 7) is 2.72. The minimum atomic E-state index is 0.218. The van der Waals surface area contributed by atoms with Crippen molar-refractivity contribution in [1.82, 2.24) is 4.90 Å². The van der Waals surface area contributed by atoms with Crippen molar-refractivity contribution < 1.29 is 9.53 Å². The Labute approximate surface area is 113 Å². The fourth-order valence-electron chi connectivity index (χ4n) is 3.02. The van der Waals surface area contributed by atoms with Crippen molar-refractivity contribution in [3.05, 3.63) is 23.3 Å². The van der Waals surface area contributed by atoms with Gasteiger partial charge < -0.3 is 9.64 Å². The van der Waals surface area contributed by atoms with Gasteiger partial charge in [0.05, 0.1) is 12.8 Å². The van der Waals surface area contributed by atoms with Gasteiger partial charge in [0.2, 0.25) is 5.91 Å². The van der Waals surface area contributed by atoms with Crippen molar-refractivity contribution in [3.8, 4) is 5.75 Å². The van der Waals surface area contributed by atoms with Crippen LogP contribution < -0.4 is 9.64 Å². The van der Waals surface area contributed by atoms with Crippen LogP contribution in [0.2, 0.25) is 0 Å². The van der Waals surface area contributed by atoms with Crippen LogP contribution >= 0.6 is 0 Å². The highest BCUT2D eigenvalue weighted by atomic mass is 16.5. The molecule has 4 heteroatoms. The number of anilines is 1. The number of piperidine rings is 1. The van der Waals surface area contributed by atoms with Crippen LogP contribution in [0.15, 0.2) is 12.1 Å². The van der Waals surface area contributed by atoms with Crippen LogP contribution in [0.1, 0.15) is 30.4 Å². The van der Waals surface area contributed by atoms with Crippen LogP contribution in [0.25, 0.3) is 0 Å². The van der Waals surface area contributed by atoms with E-state index >= 15 is 0 Å². The fourth-order valence-corrected chi connectivity index (χ4v) is 3.02. The van der Waals surface area contributed by atoms with E-state index in [4.69, 9.17) is 4.74 Å². The van der Waals surface area contributed by atoms with E-state index in [2.05, 4.69) is 24.1 Å². The Morgan fingerprint density at radius 1 is 1.16 bits per heavy atom. The molecule has 0 spiro atoms. The van der Waals surface area contributed by atoms with Crippen molar-refractivity contribution >= 4 is 11.6 Å². The van der Waals surface area contributed by atoms with Gasteiger partial charge in [-0.15, -0.1) is 0 Å². The summed E-state index contributed by atoms with van der Waals surface area (Å²) in [5.74, 6) is 1.04. The number of benzene rings is 1. The molecule has 19 heavy (non-hydrogen) atoms. The molecule has 4 nitrogen and oxygen atoms in total. The van der Waals surface area contributed by atoms with Gasteiger partial charge in [-0.1, -0.05) is 0 Å². The summed E-state index contributed by atoms with van der Waals surface area (Å²) >= 11 is 0. The van der Waals surface area contributed by atoms with E-state index in [1.54, 1.807) is 7.11 Å². The summed E-state index contributed by atoms with van der Waals surface area (Å²) in [5, 5.41) is 0. The molecule has 1 amide bonds. The highest BCUT2D eigenvalue weighted by Gasteiger charge is 2.25. The van der Waals surface area contributed by atoms with Crippen LogP contribution in [0.4, 0.5) is 5.69 Å². The van der Waals surface area contributed by atoms with Gasteiger partial charge in [-0.05, 0) is 43.1 Å². The van der Waals surface area contributed by atoms with Crippen molar-refractivity contribution in [2.75, 3.05) is 25.6 Å². The standard InChI is InChI=1S/C15H20N2O2/c1-16-9-11-7-13(14(19-2)8-12(11)10-16)17-6-4-3-5-15(17)18/h7-8H,3-6,9-10H2,1-2H3. The first-order valence-electron chi connectivity index (χ1n) is 6.87. The number of rotatable bonds is 2. The molecule has 1 fully saturated rings. The molecule has 2 heterocycles. The Morgan fingerprint density at radius 3 is 2.58 bits per heavy atom. The summed E-state index contributed by atoms with van der Waals surface area (Å²) in [7, 11) is 3.79. The van der Waals surface area contributed by atoms with Gasteiger partial charge in [0.1, 0.15) is 5.75 Å².